The van der Waals surface area contributed by atoms with Gasteiger partial charge in [-0.3, -0.25) is 0 Å². The van der Waals surface area contributed by atoms with Crippen LogP contribution in [0.5, 0.6) is 11.5 Å². The molecule has 2 aliphatic rings. The molecule has 0 unspecified atom stereocenters. The average molecular weight is 385 g/mol. The second-order valence-corrected chi connectivity index (χ2v) is 9.35. The molecular weight excluding hydrogens is 352 g/mol. The van der Waals surface area contributed by atoms with Gasteiger partial charge in [-0.2, -0.15) is 0 Å². The molecule has 1 saturated carbocycles. The molecule has 4 nitrogen and oxygen atoms in total. The largest absolute Gasteiger partial charge is 0.504 e. The number of benzene rings is 1. The Bertz CT molecular complexity index is 805. The van der Waals surface area contributed by atoms with Crippen LogP contribution in [-0.4, -0.2) is 22.8 Å². The molecule has 0 spiro atoms. The number of carbonyl (C=O) groups excluding carboxylic acids is 1. The van der Waals surface area contributed by atoms with Gasteiger partial charge in [0.15, 0.2) is 11.5 Å². The summed E-state index contributed by atoms with van der Waals surface area (Å²) in [5, 5.41) is 18.9. The SMILES string of the molecule is CC1=CC[C@H]2C(C)(C)CCC[C@]2(C)[C@H]1COC(=O)C=Cc1ccc(O)c(O)c1. The van der Waals surface area contributed by atoms with Crippen LogP contribution in [0.25, 0.3) is 6.08 Å². The lowest BCUT2D eigenvalue weighted by atomic mass is 9.49. The summed E-state index contributed by atoms with van der Waals surface area (Å²) >= 11 is 0. The van der Waals surface area contributed by atoms with Crippen LogP contribution in [0.1, 0.15) is 58.9 Å². The van der Waals surface area contributed by atoms with Crippen molar-refractivity contribution in [3.63, 3.8) is 0 Å². The van der Waals surface area contributed by atoms with Crippen molar-refractivity contribution >= 4 is 12.0 Å². The van der Waals surface area contributed by atoms with E-state index in [0.717, 1.165) is 6.42 Å². The number of allylic oxidation sites excluding steroid dienone is 1. The molecule has 3 rings (SSSR count). The van der Waals surface area contributed by atoms with Crippen LogP contribution < -0.4 is 0 Å². The maximum Gasteiger partial charge on any atom is 0.330 e. The number of phenols is 2. The Hall–Kier alpha value is -2.23. The predicted molar refractivity (Wildman–Crippen MR) is 111 cm³/mol. The number of carbonyl (C=O) groups is 1. The lowest BCUT2D eigenvalue weighted by molar-refractivity contribution is -0.142. The Morgan fingerprint density at radius 3 is 2.68 bits per heavy atom. The van der Waals surface area contributed by atoms with Crippen molar-refractivity contribution in [2.45, 2.75) is 53.4 Å². The minimum absolute atomic E-state index is 0.160. The quantitative estimate of drug-likeness (QED) is 0.313. The second-order valence-electron chi connectivity index (χ2n) is 9.35. The lowest BCUT2D eigenvalue weighted by Crippen LogP contribution is -2.49. The number of hydrogen-bond donors (Lipinski definition) is 2. The summed E-state index contributed by atoms with van der Waals surface area (Å²) < 4.78 is 5.63. The van der Waals surface area contributed by atoms with Crippen LogP contribution in [-0.2, 0) is 9.53 Å². The van der Waals surface area contributed by atoms with E-state index in [1.165, 1.54) is 43.0 Å². The molecule has 0 radical (unpaired) electrons. The summed E-state index contributed by atoms with van der Waals surface area (Å²) in [7, 11) is 0. The Labute approximate surface area is 167 Å². The van der Waals surface area contributed by atoms with Crippen LogP contribution in [0, 0.1) is 22.7 Å². The van der Waals surface area contributed by atoms with E-state index in [1.807, 2.05) is 0 Å². The molecule has 152 valence electrons. The van der Waals surface area contributed by atoms with Gasteiger partial charge in [-0.15, -0.1) is 0 Å². The zero-order valence-corrected chi connectivity index (χ0v) is 17.4. The Morgan fingerprint density at radius 1 is 1.21 bits per heavy atom. The predicted octanol–water partition coefficient (Wildman–Crippen LogP) is 5.45. The molecule has 2 N–H and O–H groups in total. The standard InChI is InChI=1S/C24H32O4/c1-16-6-10-21-23(2,3)12-5-13-24(21,4)18(16)15-28-22(27)11-8-17-7-9-19(25)20(26)14-17/h6-9,11,14,18,21,25-26H,5,10,12-13,15H2,1-4H3/t18-,21-,24+/m0/s1. The van der Waals surface area contributed by atoms with Crippen molar-refractivity contribution in [3.05, 3.63) is 41.5 Å². The maximum absolute atomic E-state index is 12.3. The van der Waals surface area contributed by atoms with Crippen LogP contribution in [0.15, 0.2) is 35.9 Å². The van der Waals surface area contributed by atoms with Gasteiger partial charge in [-0.25, -0.2) is 4.79 Å². The minimum Gasteiger partial charge on any atom is -0.504 e. The molecule has 0 heterocycles. The van der Waals surface area contributed by atoms with Gasteiger partial charge >= 0.3 is 5.97 Å². The minimum atomic E-state index is -0.388. The molecule has 1 fully saturated rings. The van der Waals surface area contributed by atoms with Gasteiger partial charge in [0, 0.05) is 12.0 Å². The molecule has 1 aromatic rings. The number of phenolic OH excluding ortho intramolecular Hbond substituents is 2. The van der Waals surface area contributed by atoms with E-state index in [4.69, 9.17) is 4.74 Å². The van der Waals surface area contributed by atoms with E-state index >= 15 is 0 Å². The van der Waals surface area contributed by atoms with Crippen molar-refractivity contribution in [2.75, 3.05) is 6.61 Å². The smallest absolute Gasteiger partial charge is 0.330 e. The molecule has 0 aliphatic heterocycles. The molecular formula is C24H32O4. The number of fused-ring (bicyclic) bond motifs is 1. The average Bonchev–Trinajstić information content (AvgIpc) is 2.61. The fourth-order valence-electron chi connectivity index (χ4n) is 5.48. The molecule has 1 aromatic carbocycles. The monoisotopic (exact) mass is 384 g/mol. The van der Waals surface area contributed by atoms with Crippen LogP contribution in [0.3, 0.4) is 0 Å². The fraction of sp³-hybridized carbons (Fsp3) is 0.542. The Morgan fingerprint density at radius 2 is 1.96 bits per heavy atom. The van der Waals surface area contributed by atoms with Crippen molar-refractivity contribution in [3.8, 4) is 11.5 Å². The van der Waals surface area contributed by atoms with Gasteiger partial charge in [0.2, 0.25) is 0 Å². The highest BCUT2D eigenvalue weighted by atomic mass is 16.5. The first kappa shape index (κ1) is 20.5. The summed E-state index contributed by atoms with van der Waals surface area (Å²) in [4.78, 5) is 12.3. The van der Waals surface area contributed by atoms with Gasteiger partial charge < -0.3 is 14.9 Å². The number of ether oxygens (including phenoxy) is 1. The van der Waals surface area contributed by atoms with Crippen LogP contribution in [0.4, 0.5) is 0 Å². The zero-order chi connectivity index (χ0) is 20.5. The van der Waals surface area contributed by atoms with Gasteiger partial charge in [0.05, 0.1) is 6.61 Å². The van der Waals surface area contributed by atoms with E-state index in [-0.39, 0.29) is 28.8 Å². The number of hydrogen-bond acceptors (Lipinski definition) is 4. The number of aromatic hydroxyl groups is 2. The first-order valence-corrected chi connectivity index (χ1v) is 10.2. The van der Waals surface area contributed by atoms with Gasteiger partial charge in [0.25, 0.3) is 0 Å². The highest BCUT2D eigenvalue weighted by Gasteiger charge is 2.52. The van der Waals surface area contributed by atoms with Gasteiger partial charge in [0.1, 0.15) is 0 Å². The third-order valence-corrected chi connectivity index (χ3v) is 7.10. The molecule has 0 amide bonds. The number of rotatable bonds is 4. The lowest BCUT2D eigenvalue weighted by Gasteiger charge is -2.56. The van der Waals surface area contributed by atoms with Crippen molar-refractivity contribution in [1.82, 2.24) is 0 Å². The highest BCUT2D eigenvalue weighted by molar-refractivity contribution is 5.87. The number of esters is 1. The van der Waals surface area contributed by atoms with Crippen LogP contribution in [0.2, 0.25) is 0 Å². The first-order valence-electron chi connectivity index (χ1n) is 10.2. The summed E-state index contributed by atoms with van der Waals surface area (Å²) in [6.07, 6.45) is 10.1. The molecule has 28 heavy (non-hydrogen) atoms. The normalized spacial score (nSPS) is 29.2. The van der Waals surface area contributed by atoms with Gasteiger partial charge in [-0.05, 0) is 66.7 Å². The van der Waals surface area contributed by atoms with E-state index < -0.39 is 0 Å². The molecule has 4 heteroatoms. The molecule has 0 aromatic heterocycles. The van der Waals surface area contributed by atoms with E-state index in [0.29, 0.717) is 23.5 Å². The maximum atomic E-state index is 12.3. The molecule has 3 atom stereocenters. The third-order valence-electron chi connectivity index (χ3n) is 7.10. The van der Waals surface area contributed by atoms with Crippen molar-refractivity contribution in [2.24, 2.45) is 22.7 Å². The summed E-state index contributed by atoms with van der Waals surface area (Å²) in [5.74, 6) is 0.0774. The molecule has 0 saturated heterocycles. The molecule has 0 bridgehead atoms. The topological polar surface area (TPSA) is 66.8 Å². The first-order chi connectivity index (χ1) is 13.1. The van der Waals surface area contributed by atoms with E-state index in [9.17, 15) is 15.0 Å². The van der Waals surface area contributed by atoms with Crippen LogP contribution >= 0.6 is 0 Å². The Kier molecular flexibility index (Phi) is 5.60. The second kappa shape index (κ2) is 7.65. The van der Waals surface area contributed by atoms with Crippen molar-refractivity contribution < 1.29 is 19.7 Å². The van der Waals surface area contributed by atoms with E-state index in [2.05, 4.69) is 33.8 Å². The van der Waals surface area contributed by atoms with Crippen molar-refractivity contribution in [1.29, 1.82) is 0 Å². The Balaban J connectivity index is 1.67. The fourth-order valence-corrected chi connectivity index (χ4v) is 5.48. The zero-order valence-electron chi connectivity index (χ0n) is 17.4. The third kappa shape index (κ3) is 3.96. The highest BCUT2D eigenvalue weighted by Crippen LogP contribution is 2.59. The van der Waals surface area contributed by atoms with E-state index in [1.54, 1.807) is 12.1 Å². The molecule has 2 aliphatic carbocycles. The summed E-state index contributed by atoms with van der Waals surface area (Å²) in [6.45, 7) is 9.69. The summed E-state index contributed by atoms with van der Waals surface area (Å²) in [6, 6.07) is 4.42. The summed E-state index contributed by atoms with van der Waals surface area (Å²) in [5.41, 5.74) is 2.43. The van der Waals surface area contributed by atoms with Gasteiger partial charge in [-0.1, -0.05) is 44.9 Å².